The van der Waals surface area contributed by atoms with Crippen LogP contribution in [-0.2, 0) is 13.5 Å². The fourth-order valence-electron chi connectivity index (χ4n) is 2.10. The van der Waals surface area contributed by atoms with Crippen molar-refractivity contribution in [2.75, 3.05) is 6.54 Å². The van der Waals surface area contributed by atoms with Crippen LogP contribution in [0, 0.1) is 0 Å². The molecule has 1 aromatic carbocycles. The molecule has 0 radical (unpaired) electrons. The average Bonchev–Trinajstić information content (AvgIpc) is 2.83. The summed E-state index contributed by atoms with van der Waals surface area (Å²) in [4.78, 5) is 0. The minimum atomic E-state index is 0.329. The van der Waals surface area contributed by atoms with Gasteiger partial charge in [-0.2, -0.15) is 5.10 Å². The molecule has 1 aromatic heterocycles. The highest BCUT2D eigenvalue weighted by Gasteiger charge is 2.13. The summed E-state index contributed by atoms with van der Waals surface area (Å²) in [5.74, 6) is 0. The molecular formula is C15H20BrN3. The second kappa shape index (κ2) is 6.87. The van der Waals surface area contributed by atoms with E-state index < -0.39 is 0 Å². The number of benzene rings is 1. The van der Waals surface area contributed by atoms with Gasteiger partial charge in [0.05, 0.1) is 6.20 Å². The smallest absolute Gasteiger partial charge is 0.0537 e. The number of aromatic nitrogens is 2. The third-order valence-electron chi connectivity index (χ3n) is 3.12. The molecular weight excluding hydrogens is 302 g/mol. The van der Waals surface area contributed by atoms with Crippen LogP contribution in [0.3, 0.4) is 0 Å². The predicted molar refractivity (Wildman–Crippen MR) is 82.1 cm³/mol. The Morgan fingerprint density at radius 1 is 1.32 bits per heavy atom. The predicted octanol–water partition coefficient (Wildman–Crippen LogP) is 3.47. The monoisotopic (exact) mass is 321 g/mol. The van der Waals surface area contributed by atoms with Crippen molar-refractivity contribution in [2.45, 2.75) is 25.8 Å². The quantitative estimate of drug-likeness (QED) is 0.883. The van der Waals surface area contributed by atoms with Crippen molar-refractivity contribution >= 4 is 15.9 Å². The van der Waals surface area contributed by atoms with Crippen molar-refractivity contribution in [1.82, 2.24) is 15.1 Å². The van der Waals surface area contributed by atoms with Gasteiger partial charge in [-0.25, -0.2) is 0 Å². The molecule has 0 aliphatic carbocycles. The molecule has 102 valence electrons. The molecule has 0 amide bonds. The average molecular weight is 322 g/mol. The second-order valence-electron chi connectivity index (χ2n) is 4.78. The normalized spacial score (nSPS) is 12.6. The molecule has 0 fully saturated rings. The van der Waals surface area contributed by atoms with Crippen molar-refractivity contribution in [2.24, 2.45) is 7.05 Å². The summed E-state index contributed by atoms with van der Waals surface area (Å²) in [6, 6.07) is 8.85. The van der Waals surface area contributed by atoms with Crippen LogP contribution in [0.15, 0.2) is 41.1 Å². The highest BCUT2D eigenvalue weighted by atomic mass is 79.9. The number of nitrogens with zero attached hydrogens (tertiary/aromatic N) is 2. The standard InChI is InChI=1S/C15H20BrN3/c1-3-8-17-15(13-10-18-19(2)11-13)9-12-4-6-14(16)7-5-12/h4-7,10-11,15,17H,3,8-9H2,1-2H3. The lowest BCUT2D eigenvalue weighted by Gasteiger charge is -2.17. The second-order valence-corrected chi connectivity index (χ2v) is 5.70. The first-order valence-corrected chi connectivity index (χ1v) is 7.44. The lowest BCUT2D eigenvalue weighted by Crippen LogP contribution is -2.23. The zero-order valence-electron chi connectivity index (χ0n) is 11.4. The Bertz CT molecular complexity index is 504. The molecule has 2 aromatic rings. The van der Waals surface area contributed by atoms with E-state index in [0.717, 1.165) is 23.9 Å². The van der Waals surface area contributed by atoms with Gasteiger partial charge in [-0.05, 0) is 37.1 Å². The Morgan fingerprint density at radius 3 is 2.63 bits per heavy atom. The fraction of sp³-hybridized carbons (Fsp3) is 0.400. The molecule has 0 aliphatic rings. The van der Waals surface area contributed by atoms with E-state index in [1.165, 1.54) is 11.1 Å². The minimum Gasteiger partial charge on any atom is -0.310 e. The van der Waals surface area contributed by atoms with Gasteiger partial charge in [0, 0.05) is 29.3 Å². The zero-order chi connectivity index (χ0) is 13.7. The molecule has 0 saturated carbocycles. The summed E-state index contributed by atoms with van der Waals surface area (Å²) in [5.41, 5.74) is 2.58. The summed E-state index contributed by atoms with van der Waals surface area (Å²) >= 11 is 3.47. The van der Waals surface area contributed by atoms with E-state index in [9.17, 15) is 0 Å². The van der Waals surface area contributed by atoms with Crippen LogP contribution in [0.1, 0.15) is 30.5 Å². The molecule has 19 heavy (non-hydrogen) atoms. The first kappa shape index (κ1) is 14.3. The maximum atomic E-state index is 4.27. The number of hydrogen-bond acceptors (Lipinski definition) is 2. The first-order chi connectivity index (χ1) is 9.19. The Labute approximate surface area is 123 Å². The summed E-state index contributed by atoms with van der Waals surface area (Å²) in [5, 5.41) is 7.87. The van der Waals surface area contributed by atoms with Crippen molar-refractivity contribution in [1.29, 1.82) is 0 Å². The van der Waals surface area contributed by atoms with E-state index in [2.05, 4.69) is 63.7 Å². The van der Waals surface area contributed by atoms with Gasteiger partial charge in [0.2, 0.25) is 0 Å². The van der Waals surface area contributed by atoms with Crippen LogP contribution >= 0.6 is 15.9 Å². The Balaban J connectivity index is 2.11. The number of aryl methyl sites for hydroxylation is 1. The van der Waals surface area contributed by atoms with Gasteiger partial charge in [0.25, 0.3) is 0 Å². The van der Waals surface area contributed by atoms with Crippen molar-refractivity contribution in [3.05, 3.63) is 52.3 Å². The number of rotatable bonds is 6. The van der Waals surface area contributed by atoms with Crippen LogP contribution in [0.25, 0.3) is 0 Å². The van der Waals surface area contributed by atoms with E-state index in [1.54, 1.807) is 0 Å². The molecule has 0 spiro atoms. The minimum absolute atomic E-state index is 0.329. The van der Waals surface area contributed by atoms with E-state index >= 15 is 0 Å². The highest BCUT2D eigenvalue weighted by Crippen LogP contribution is 2.19. The van der Waals surface area contributed by atoms with Gasteiger partial charge in [-0.3, -0.25) is 4.68 Å². The van der Waals surface area contributed by atoms with Gasteiger partial charge < -0.3 is 5.32 Å². The van der Waals surface area contributed by atoms with E-state index in [4.69, 9.17) is 0 Å². The molecule has 1 heterocycles. The third kappa shape index (κ3) is 4.18. The summed E-state index contributed by atoms with van der Waals surface area (Å²) in [6.45, 7) is 3.21. The molecule has 0 saturated heterocycles. The Hall–Kier alpha value is -1.13. The van der Waals surface area contributed by atoms with Crippen LogP contribution < -0.4 is 5.32 Å². The molecule has 0 aliphatic heterocycles. The summed E-state index contributed by atoms with van der Waals surface area (Å²) in [6.07, 6.45) is 6.16. The van der Waals surface area contributed by atoms with Crippen molar-refractivity contribution in [3.8, 4) is 0 Å². The number of hydrogen-bond donors (Lipinski definition) is 1. The van der Waals surface area contributed by atoms with Crippen LogP contribution in [0.2, 0.25) is 0 Å². The fourth-order valence-corrected chi connectivity index (χ4v) is 2.37. The molecule has 1 atom stereocenters. The number of nitrogens with one attached hydrogen (secondary N) is 1. The van der Waals surface area contributed by atoms with Crippen molar-refractivity contribution < 1.29 is 0 Å². The third-order valence-corrected chi connectivity index (χ3v) is 3.65. The molecule has 2 rings (SSSR count). The van der Waals surface area contributed by atoms with Crippen LogP contribution in [-0.4, -0.2) is 16.3 Å². The van der Waals surface area contributed by atoms with Gasteiger partial charge in [0.15, 0.2) is 0 Å². The van der Waals surface area contributed by atoms with Gasteiger partial charge in [0.1, 0.15) is 0 Å². The van der Waals surface area contributed by atoms with Gasteiger partial charge in [-0.15, -0.1) is 0 Å². The largest absolute Gasteiger partial charge is 0.310 e. The highest BCUT2D eigenvalue weighted by molar-refractivity contribution is 9.10. The summed E-state index contributed by atoms with van der Waals surface area (Å²) in [7, 11) is 1.96. The van der Waals surface area contributed by atoms with Crippen molar-refractivity contribution in [3.63, 3.8) is 0 Å². The topological polar surface area (TPSA) is 29.9 Å². The number of halogens is 1. The van der Waals surface area contributed by atoms with Crippen LogP contribution in [0.4, 0.5) is 0 Å². The molecule has 1 unspecified atom stereocenters. The van der Waals surface area contributed by atoms with Gasteiger partial charge >= 0.3 is 0 Å². The Kier molecular flexibility index (Phi) is 5.16. The molecule has 4 heteroatoms. The molecule has 3 nitrogen and oxygen atoms in total. The lowest BCUT2D eigenvalue weighted by molar-refractivity contribution is 0.529. The van der Waals surface area contributed by atoms with E-state index in [1.807, 2.05) is 17.9 Å². The molecule has 0 bridgehead atoms. The van der Waals surface area contributed by atoms with Gasteiger partial charge in [-0.1, -0.05) is 35.0 Å². The molecule has 1 N–H and O–H groups in total. The zero-order valence-corrected chi connectivity index (χ0v) is 13.0. The Morgan fingerprint density at radius 2 is 2.05 bits per heavy atom. The van der Waals surface area contributed by atoms with E-state index in [-0.39, 0.29) is 0 Å². The summed E-state index contributed by atoms with van der Waals surface area (Å²) < 4.78 is 2.98. The maximum Gasteiger partial charge on any atom is 0.0537 e. The SMILES string of the molecule is CCCNC(Cc1ccc(Br)cc1)c1cnn(C)c1. The maximum absolute atomic E-state index is 4.27. The lowest BCUT2D eigenvalue weighted by atomic mass is 10.0. The van der Waals surface area contributed by atoms with E-state index in [0.29, 0.717) is 6.04 Å². The van der Waals surface area contributed by atoms with Crippen LogP contribution in [0.5, 0.6) is 0 Å². The first-order valence-electron chi connectivity index (χ1n) is 6.65.